The van der Waals surface area contributed by atoms with Crippen LogP contribution in [0.25, 0.3) is 0 Å². The third-order valence-electron chi connectivity index (χ3n) is 2.77. The molecule has 3 N–H and O–H groups in total. The maximum absolute atomic E-state index is 11.8. The van der Waals surface area contributed by atoms with Crippen LogP contribution in [0.1, 0.15) is 43.5 Å². The second kappa shape index (κ2) is 7.23. The number of carboxylic acid groups (broad SMARTS) is 1. The minimum absolute atomic E-state index is 0.0274. The molecular weight excluding hydrogens is 278 g/mol. The van der Waals surface area contributed by atoms with Gasteiger partial charge in [0.2, 0.25) is 0 Å². The fraction of sp³-hybridized carbons (Fsp3) is 0.615. The highest BCUT2D eigenvalue weighted by Gasteiger charge is 2.21. The molecule has 0 atom stereocenters. The van der Waals surface area contributed by atoms with Crippen molar-refractivity contribution in [2.24, 2.45) is 0 Å². The van der Waals surface area contributed by atoms with E-state index in [2.05, 4.69) is 22.5 Å². The number of hydrogen-bond donors (Lipinski definition) is 3. The van der Waals surface area contributed by atoms with Gasteiger partial charge in [0.25, 0.3) is 0 Å². The number of carboxylic acids is 1. The molecule has 0 fully saturated rings. The molecular formula is C13H21N3O3S. The first-order valence-electron chi connectivity index (χ1n) is 6.54. The fourth-order valence-corrected chi connectivity index (χ4v) is 2.38. The van der Waals surface area contributed by atoms with Gasteiger partial charge in [0.05, 0.1) is 6.54 Å². The second-order valence-electron chi connectivity index (χ2n) is 5.16. The van der Waals surface area contributed by atoms with E-state index >= 15 is 0 Å². The van der Waals surface area contributed by atoms with Crippen molar-refractivity contribution in [2.75, 3.05) is 0 Å². The second-order valence-corrected chi connectivity index (χ2v) is 6.36. The molecule has 0 aliphatic rings. The number of urea groups is 1. The topological polar surface area (TPSA) is 91.3 Å². The summed E-state index contributed by atoms with van der Waals surface area (Å²) in [6.45, 7) is 6.04. The summed E-state index contributed by atoms with van der Waals surface area (Å²) in [5, 5.41) is 15.0. The van der Waals surface area contributed by atoms with Crippen molar-refractivity contribution in [2.45, 2.75) is 52.1 Å². The number of nitrogens with one attached hydrogen (secondary N) is 2. The van der Waals surface area contributed by atoms with Crippen LogP contribution in [0.5, 0.6) is 0 Å². The van der Waals surface area contributed by atoms with Crippen LogP contribution in [0.15, 0.2) is 6.20 Å². The third-order valence-corrected chi connectivity index (χ3v) is 3.91. The first-order chi connectivity index (χ1) is 9.32. The molecule has 112 valence electrons. The number of carbonyl (C=O) groups is 2. The smallest absolute Gasteiger partial charge is 0.315 e. The van der Waals surface area contributed by atoms with Crippen molar-refractivity contribution < 1.29 is 14.7 Å². The Balaban J connectivity index is 2.37. The van der Waals surface area contributed by atoms with Gasteiger partial charge in [-0.15, -0.1) is 11.3 Å². The number of nitrogens with zero attached hydrogens (tertiary/aromatic N) is 1. The molecule has 0 aliphatic carbocycles. The van der Waals surface area contributed by atoms with Gasteiger partial charge in [-0.2, -0.15) is 0 Å². The molecule has 0 spiro atoms. The molecule has 1 rings (SSSR count). The number of rotatable bonds is 7. The van der Waals surface area contributed by atoms with Gasteiger partial charge in [-0.05, 0) is 26.7 Å². The minimum Gasteiger partial charge on any atom is -0.481 e. The van der Waals surface area contributed by atoms with E-state index < -0.39 is 11.5 Å². The Kier molecular flexibility index (Phi) is 5.94. The average Bonchev–Trinajstić information content (AvgIpc) is 2.81. The van der Waals surface area contributed by atoms with Gasteiger partial charge in [0.15, 0.2) is 0 Å². The van der Waals surface area contributed by atoms with Gasteiger partial charge in [0, 0.05) is 23.0 Å². The average molecular weight is 299 g/mol. The van der Waals surface area contributed by atoms with Crippen molar-refractivity contribution in [3.8, 4) is 0 Å². The highest BCUT2D eigenvalue weighted by molar-refractivity contribution is 7.11. The summed E-state index contributed by atoms with van der Waals surface area (Å²) < 4.78 is 0. The molecule has 2 amide bonds. The molecule has 1 aromatic heterocycles. The molecule has 0 unspecified atom stereocenters. The van der Waals surface area contributed by atoms with E-state index in [0.29, 0.717) is 13.0 Å². The number of aliphatic carboxylic acids is 1. The lowest BCUT2D eigenvalue weighted by Crippen LogP contribution is -2.48. The van der Waals surface area contributed by atoms with Gasteiger partial charge >= 0.3 is 12.0 Å². The van der Waals surface area contributed by atoms with Crippen LogP contribution in [0, 0.1) is 0 Å². The number of aromatic nitrogens is 1. The van der Waals surface area contributed by atoms with Crippen LogP contribution in [0.4, 0.5) is 4.79 Å². The van der Waals surface area contributed by atoms with Crippen molar-refractivity contribution in [1.82, 2.24) is 15.6 Å². The van der Waals surface area contributed by atoms with E-state index in [1.807, 2.05) is 6.20 Å². The highest BCUT2D eigenvalue weighted by Crippen LogP contribution is 2.13. The Morgan fingerprint density at radius 3 is 2.70 bits per heavy atom. The first-order valence-corrected chi connectivity index (χ1v) is 7.35. The summed E-state index contributed by atoms with van der Waals surface area (Å²) in [6.07, 6.45) is 3.16. The van der Waals surface area contributed by atoms with E-state index in [0.717, 1.165) is 11.4 Å². The number of hydrogen-bond acceptors (Lipinski definition) is 4. The molecule has 0 aromatic carbocycles. The molecule has 0 radical (unpaired) electrons. The van der Waals surface area contributed by atoms with Crippen LogP contribution in [0.3, 0.4) is 0 Å². The Labute approximate surface area is 122 Å². The normalized spacial score (nSPS) is 11.2. The predicted octanol–water partition coefficient (Wildman–Crippen LogP) is 2.15. The molecule has 20 heavy (non-hydrogen) atoms. The molecule has 0 saturated heterocycles. The molecule has 1 aromatic rings. The quantitative estimate of drug-likeness (QED) is 0.719. The van der Waals surface area contributed by atoms with Gasteiger partial charge in [0.1, 0.15) is 5.01 Å². The largest absolute Gasteiger partial charge is 0.481 e. The SMILES string of the molecule is CCc1cnc(CNC(=O)NC(C)(C)CCC(=O)O)s1. The number of carbonyl (C=O) groups excluding carboxylic acids is 1. The van der Waals surface area contributed by atoms with Crippen LogP contribution in [-0.4, -0.2) is 27.6 Å². The van der Waals surface area contributed by atoms with E-state index in [1.165, 1.54) is 4.88 Å². The first kappa shape index (κ1) is 16.4. The molecule has 0 saturated carbocycles. The molecule has 0 aliphatic heterocycles. The summed E-state index contributed by atoms with van der Waals surface area (Å²) in [7, 11) is 0. The van der Waals surface area contributed by atoms with Crippen LogP contribution in [0.2, 0.25) is 0 Å². The van der Waals surface area contributed by atoms with E-state index in [-0.39, 0.29) is 12.5 Å². The van der Waals surface area contributed by atoms with E-state index in [1.54, 1.807) is 25.2 Å². The summed E-state index contributed by atoms with van der Waals surface area (Å²) in [5.74, 6) is -0.866. The molecule has 1 heterocycles. The van der Waals surface area contributed by atoms with Crippen molar-refractivity contribution >= 4 is 23.3 Å². The zero-order valence-corrected chi connectivity index (χ0v) is 12.8. The summed E-state index contributed by atoms with van der Waals surface area (Å²) >= 11 is 1.58. The summed E-state index contributed by atoms with van der Waals surface area (Å²) in [4.78, 5) is 27.7. The zero-order valence-electron chi connectivity index (χ0n) is 12.0. The lowest BCUT2D eigenvalue weighted by Gasteiger charge is -2.25. The summed E-state index contributed by atoms with van der Waals surface area (Å²) in [6, 6.07) is -0.311. The summed E-state index contributed by atoms with van der Waals surface area (Å²) in [5.41, 5.74) is -0.556. The number of thiazole rings is 1. The van der Waals surface area contributed by atoms with E-state index in [4.69, 9.17) is 5.11 Å². The highest BCUT2D eigenvalue weighted by atomic mass is 32.1. The minimum atomic E-state index is -0.866. The van der Waals surface area contributed by atoms with Crippen LogP contribution >= 0.6 is 11.3 Å². The lowest BCUT2D eigenvalue weighted by molar-refractivity contribution is -0.137. The predicted molar refractivity (Wildman–Crippen MR) is 77.8 cm³/mol. The van der Waals surface area contributed by atoms with Gasteiger partial charge in [-0.3, -0.25) is 4.79 Å². The lowest BCUT2D eigenvalue weighted by atomic mass is 9.99. The monoisotopic (exact) mass is 299 g/mol. The molecule has 0 bridgehead atoms. The van der Waals surface area contributed by atoms with Gasteiger partial charge in [-0.1, -0.05) is 6.92 Å². The molecule has 6 nitrogen and oxygen atoms in total. The maximum Gasteiger partial charge on any atom is 0.315 e. The van der Waals surface area contributed by atoms with Crippen LogP contribution < -0.4 is 10.6 Å². The third kappa shape index (κ3) is 6.01. The van der Waals surface area contributed by atoms with Crippen molar-refractivity contribution in [1.29, 1.82) is 0 Å². The Morgan fingerprint density at radius 1 is 1.45 bits per heavy atom. The van der Waals surface area contributed by atoms with Crippen LogP contribution in [-0.2, 0) is 17.8 Å². The Morgan fingerprint density at radius 2 is 2.15 bits per heavy atom. The standard InChI is InChI=1S/C13H21N3O3S/c1-4-9-7-14-10(20-9)8-15-12(19)16-13(2,3)6-5-11(17)18/h7H,4-6,8H2,1-3H3,(H,17,18)(H2,15,16,19). The molecule has 7 heteroatoms. The zero-order chi connectivity index (χ0) is 15.2. The fourth-order valence-electron chi connectivity index (χ4n) is 1.58. The Bertz CT molecular complexity index is 471. The number of aryl methyl sites for hydroxylation is 1. The van der Waals surface area contributed by atoms with Gasteiger partial charge < -0.3 is 15.7 Å². The van der Waals surface area contributed by atoms with Gasteiger partial charge in [-0.25, -0.2) is 9.78 Å². The van der Waals surface area contributed by atoms with Crippen molar-refractivity contribution in [3.05, 3.63) is 16.1 Å². The van der Waals surface area contributed by atoms with E-state index in [9.17, 15) is 9.59 Å². The van der Waals surface area contributed by atoms with Crippen molar-refractivity contribution in [3.63, 3.8) is 0 Å². The number of amides is 2. The maximum atomic E-state index is 11.8. The Hall–Kier alpha value is -1.63.